The van der Waals surface area contributed by atoms with Crippen LogP contribution in [0.5, 0.6) is 0 Å². The molecule has 3 N–H and O–H groups in total. The molecule has 0 atom stereocenters. The van der Waals surface area contributed by atoms with Gasteiger partial charge >= 0.3 is 0 Å². The Kier molecular flexibility index (Phi) is 8.12. The fraction of sp³-hybridized carbons (Fsp3) is 0.562. The molecule has 0 radical (unpaired) electrons. The van der Waals surface area contributed by atoms with Gasteiger partial charge in [0.2, 0.25) is 5.91 Å². The molecule has 4 heteroatoms. The van der Waals surface area contributed by atoms with Crippen LogP contribution in [0.2, 0.25) is 5.02 Å². The smallest absolute Gasteiger partial charge is 0.224 e. The van der Waals surface area contributed by atoms with Crippen molar-refractivity contribution in [1.29, 1.82) is 0 Å². The SMILES string of the molecule is CCCCCCCCCC(=O)Nc1ccc(Cl)cc1N. The molecule has 0 fully saturated rings. The predicted octanol–water partition coefficient (Wildman–Crippen LogP) is 5.00. The van der Waals surface area contributed by atoms with E-state index in [0.717, 1.165) is 12.8 Å². The number of nitrogens with two attached hydrogens (primary N) is 1. The van der Waals surface area contributed by atoms with Gasteiger partial charge in [0.15, 0.2) is 0 Å². The van der Waals surface area contributed by atoms with Crippen molar-refractivity contribution in [3.63, 3.8) is 0 Å². The first-order valence-corrected chi connectivity index (χ1v) is 7.86. The highest BCUT2D eigenvalue weighted by Crippen LogP contribution is 2.22. The third-order valence-corrected chi connectivity index (χ3v) is 3.53. The Bertz CT molecular complexity index is 421. The number of carbonyl (C=O) groups excluding carboxylic acids is 1. The Morgan fingerprint density at radius 3 is 2.45 bits per heavy atom. The van der Waals surface area contributed by atoms with E-state index in [1.165, 1.54) is 32.1 Å². The number of amides is 1. The van der Waals surface area contributed by atoms with E-state index in [9.17, 15) is 4.79 Å². The van der Waals surface area contributed by atoms with E-state index in [2.05, 4.69) is 12.2 Å². The highest BCUT2D eigenvalue weighted by molar-refractivity contribution is 6.31. The molecule has 0 saturated heterocycles. The summed E-state index contributed by atoms with van der Waals surface area (Å²) in [5.41, 5.74) is 6.94. The number of halogens is 1. The molecule has 0 aliphatic heterocycles. The van der Waals surface area contributed by atoms with Crippen LogP contribution >= 0.6 is 11.6 Å². The Balaban J connectivity index is 2.17. The molecular weight excluding hydrogens is 272 g/mol. The van der Waals surface area contributed by atoms with Crippen LogP contribution in [0.25, 0.3) is 0 Å². The van der Waals surface area contributed by atoms with Crippen molar-refractivity contribution in [3.8, 4) is 0 Å². The molecule has 1 aromatic rings. The van der Waals surface area contributed by atoms with Gasteiger partial charge in [-0.2, -0.15) is 0 Å². The predicted molar refractivity (Wildman–Crippen MR) is 87.1 cm³/mol. The minimum absolute atomic E-state index is 0.0209. The summed E-state index contributed by atoms with van der Waals surface area (Å²) < 4.78 is 0. The zero-order valence-electron chi connectivity index (χ0n) is 12.3. The van der Waals surface area contributed by atoms with Crippen LogP contribution in [0.4, 0.5) is 11.4 Å². The first kappa shape index (κ1) is 16.8. The Morgan fingerprint density at radius 1 is 1.15 bits per heavy atom. The first-order chi connectivity index (χ1) is 9.63. The summed E-state index contributed by atoms with van der Waals surface area (Å²) in [6.07, 6.45) is 9.00. The number of carbonyl (C=O) groups is 1. The quantitative estimate of drug-likeness (QED) is 0.497. The zero-order chi connectivity index (χ0) is 14.8. The fourth-order valence-corrected chi connectivity index (χ4v) is 2.28. The normalized spacial score (nSPS) is 10.5. The largest absolute Gasteiger partial charge is 0.397 e. The van der Waals surface area contributed by atoms with Crippen LogP contribution in [0.15, 0.2) is 18.2 Å². The molecule has 3 nitrogen and oxygen atoms in total. The van der Waals surface area contributed by atoms with E-state index in [1.54, 1.807) is 18.2 Å². The molecule has 0 aliphatic carbocycles. The van der Waals surface area contributed by atoms with E-state index in [4.69, 9.17) is 17.3 Å². The van der Waals surface area contributed by atoms with Gasteiger partial charge in [-0.3, -0.25) is 4.79 Å². The third-order valence-electron chi connectivity index (χ3n) is 3.30. The lowest BCUT2D eigenvalue weighted by molar-refractivity contribution is -0.116. The molecule has 20 heavy (non-hydrogen) atoms. The van der Waals surface area contributed by atoms with Gasteiger partial charge in [-0.25, -0.2) is 0 Å². The van der Waals surface area contributed by atoms with E-state index < -0.39 is 0 Å². The summed E-state index contributed by atoms with van der Waals surface area (Å²) >= 11 is 5.82. The number of nitrogens with one attached hydrogen (secondary N) is 1. The van der Waals surface area contributed by atoms with Gasteiger partial charge in [0, 0.05) is 11.4 Å². The lowest BCUT2D eigenvalue weighted by Crippen LogP contribution is -2.12. The molecule has 0 aliphatic rings. The van der Waals surface area contributed by atoms with Crippen LogP contribution in [0.1, 0.15) is 58.3 Å². The topological polar surface area (TPSA) is 55.1 Å². The van der Waals surface area contributed by atoms with Gasteiger partial charge in [0.1, 0.15) is 0 Å². The number of rotatable bonds is 9. The van der Waals surface area contributed by atoms with Crippen LogP contribution < -0.4 is 11.1 Å². The zero-order valence-corrected chi connectivity index (χ0v) is 13.0. The first-order valence-electron chi connectivity index (χ1n) is 7.48. The van der Waals surface area contributed by atoms with Crippen molar-refractivity contribution in [1.82, 2.24) is 0 Å². The van der Waals surface area contributed by atoms with Gasteiger partial charge in [0.05, 0.1) is 11.4 Å². The van der Waals surface area contributed by atoms with Crippen molar-refractivity contribution in [2.45, 2.75) is 58.3 Å². The molecule has 112 valence electrons. The minimum Gasteiger partial charge on any atom is -0.397 e. The highest BCUT2D eigenvalue weighted by Gasteiger charge is 2.05. The molecule has 1 aromatic carbocycles. The van der Waals surface area contributed by atoms with Crippen molar-refractivity contribution in [2.24, 2.45) is 0 Å². The number of unbranched alkanes of at least 4 members (excludes halogenated alkanes) is 6. The summed E-state index contributed by atoms with van der Waals surface area (Å²) in [5.74, 6) is 0.0209. The van der Waals surface area contributed by atoms with E-state index in [1.807, 2.05) is 0 Å². The maximum absolute atomic E-state index is 11.8. The number of nitrogen functional groups attached to an aromatic ring is 1. The van der Waals surface area contributed by atoms with Crippen LogP contribution in [-0.2, 0) is 4.79 Å². The molecular formula is C16H25ClN2O. The maximum Gasteiger partial charge on any atom is 0.224 e. The van der Waals surface area contributed by atoms with Crippen LogP contribution in [0, 0.1) is 0 Å². The lowest BCUT2D eigenvalue weighted by atomic mass is 10.1. The Hall–Kier alpha value is -1.22. The maximum atomic E-state index is 11.8. The molecule has 1 rings (SSSR count). The number of hydrogen-bond donors (Lipinski definition) is 2. The second-order valence-electron chi connectivity index (χ2n) is 5.15. The summed E-state index contributed by atoms with van der Waals surface area (Å²) in [6.45, 7) is 2.22. The van der Waals surface area contributed by atoms with E-state index in [-0.39, 0.29) is 5.91 Å². The van der Waals surface area contributed by atoms with Gasteiger partial charge in [0.25, 0.3) is 0 Å². The van der Waals surface area contributed by atoms with Gasteiger partial charge in [-0.1, -0.05) is 57.0 Å². The minimum atomic E-state index is 0.0209. The third kappa shape index (κ3) is 6.80. The summed E-state index contributed by atoms with van der Waals surface area (Å²) in [7, 11) is 0. The van der Waals surface area contributed by atoms with E-state index >= 15 is 0 Å². The van der Waals surface area contributed by atoms with Crippen molar-refractivity contribution in [3.05, 3.63) is 23.2 Å². The second-order valence-corrected chi connectivity index (χ2v) is 5.59. The van der Waals surface area contributed by atoms with Crippen molar-refractivity contribution < 1.29 is 4.79 Å². The molecule has 0 bridgehead atoms. The monoisotopic (exact) mass is 296 g/mol. The second kappa shape index (κ2) is 9.65. The van der Waals surface area contributed by atoms with Gasteiger partial charge in [-0.15, -0.1) is 0 Å². The summed E-state index contributed by atoms with van der Waals surface area (Å²) in [6, 6.07) is 5.10. The number of benzene rings is 1. The number of anilines is 2. The van der Waals surface area contributed by atoms with E-state index in [0.29, 0.717) is 22.8 Å². The molecule has 0 spiro atoms. The average molecular weight is 297 g/mol. The number of hydrogen-bond acceptors (Lipinski definition) is 2. The van der Waals surface area contributed by atoms with Crippen molar-refractivity contribution >= 4 is 28.9 Å². The summed E-state index contributed by atoms with van der Waals surface area (Å²) in [5, 5.41) is 3.40. The van der Waals surface area contributed by atoms with Crippen molar-refractivity contribution in [2.75, 3.05) is 11.1 Å². The standard InChI is InChI=1S/C16H25ClN2O/c1-2-3-4-5-6-7-8-9-16(20)19-15-11-10-13(17)12-14(15)18/h10-12H,2-9,18H2,1H3,(H,19,20). The highest BCUT2D eigenvalue weighted by atomic mass is 35.5. The fourth-order valence-electron chi connectivity index (χ4n) is 2.10. The molecule has 0 heterocycles. The Labute approximate surface area is 126 Å². The molecule has 1 amide bonds. The van der Waals surface area contributed by atoms with Gasteiger partial charge < -0.3 is 11.1 Å². The molecule has 0 aromatic heterocycles. The Morgan fingerprint density at radius 2 is 1.80 bits per heavy atom. The van der Waals surface area contributed by atoms with Crippen LogP contribution in [0.3, 0.4) is 0 Å². The van der Waals surface area contributed by atoms with Gasteiger partial charge in [-0.05, 0) is 24.6 Å². The molecule has 0 unspecified atom stereocenters. The molecule has 0 saturated carbocycles. The van der Waals surface area contributed by atoms with Crippen LogP contribution in [-0.4, -0.2) is 5.91 Å². The summed E-state index contributed by atoms with van der Waals surface area (Å²) in [4.78, 5) is 11.8. The average Bonchev–Trinajstić information content (AvgIpc) is 2.41. The lowest BCUT2D eigenvalue weighted by Gasteiger charge is -2.08.